The van der Waals surface area contributed by atoms with Crippen molar-refractivity contribution in [3.8, 4) is 5.75 Å². The molecule has 0 bridgehead atoms. The molecule has 1 aliphatic heterocycles. The SMILES string of the molecule is CO[C@H]1CN(C)C(=O)c2cc(NC(C)=O)ccc2OC[C@@H](C)N(C(=O)C2CCC2)C[C@H]1C. The first-order chi connectivity index (χ1) is 15.2. The average molecular weight is 446 g/mol. The van der Waals surface area contributed by atoms with Crippen molar-refractivity contribution < 1.29 is 23.9 Å². The van der Waals surface area contributed by atoms with Gasteiger partial charge in [0.05, 0.1) is 17.7 Å². The third-order valence-electron chi connectivity index (χ3n) is 6.50. The Morgan fingerprint density at radius 3 is 2.50 bits per heavy atom. The van der Waals surface area contributed by atoms with Crippen LogP contribution in [-0.2, 0) is 14.3 Å². The number of carbonyl (C=O) groups is 3. The standard InChI is InChI=1S/C24H35N3O5/c1-15-12-27(23(29)18-7-6-8-18)16(2)14-32-21-10-9-19(25-17(3)28)11-20(21)24(30)26(4)13-22(15)31-5/h9-11,15-16,18,22H,6-8,12-14H2,1-5H3,(H,25,28)/t15-,16-,22+/m1/s1. The minimum Gasteiger partial charge on any atom is -0.491 e. The smallest absolute Gasteiger partial charge is 0.257 e. The number of ether oxygens (including phenoxy) is 2. The zero-order valence-electron chi connectivity index (χ0n) is 19.7. The lowest BCUT2D eigenvalue weighted by molar-refractivity contribution is -0.142. The van der Waals surface area contributed by atoms with Gasteiger partial charge in [-0.2, -0.15) is 0 Å². The Morgan fingerprint density at radius 2 is 1.91 bits per heavy atom. The molecule has 1 N–H and O–H groups in total. The van der Waals surface area contributed by atoms with E-state index in [2.05, 4.69) is 12.2 Å². The summed E-state index contributed by atoms with van der Waals surface area (Å²) < 4.78 is 11.8. The number of rotatable bonds is 3. The van der Waals surface area contributed by atoms with Crippen LogP contribution in [0.5, 0.6) is 5.75 Å². The molecule has 3 rings (SSSR count). The quantitative estimate of drug-likeness (QED) is 0.773. The molecule has 0 unspecified atom stereocenters. The molecule has 0 radical (unpaired) electrons. The van der Waals surface area contributed by atoms with Crippen molar-refractivity contribution in [3.63, 3.8) is 0 Å². The van der Waals surface area contributed by atoms with Gasteiger partial charge >= 0.3 is 0 Å². The average Bonchev–Trinajstić information content (AvgIpc) is 2.71. The molecule has 176 valence electrons. The maximum absolute atomic E-state index is 13.3. The fourth-order valence-corrected chi connectivity index (χ4v) is 4.25. The molecule has 2 aliphatic rings. The fraction of sp³-hybridized carbons (Fsp3) is 0.625. The van der Waals surface area contributed by atoms with Gasteiger partial charge in [-0.25, -0.2) is 0 Å². The van der Waals surface area contributed by atoms with E-state index in [0.29, 0.717) is 30.1 Å². The van der Waals surface area contributed by atoms with Gasteiger partial charge in [-0.1, -0.05) is 13.3 Å². The zero-order valence-corrected chi connectivity index (χ0v) is 19.7. The largest absolute Gasteiger partial charge is 0.491 e. The van der Waals surface area contributed by atoms with E-state index >= 15 is 0 Å². The molecule has 1 fully saturated rings. The van der Waals surface area contributed by atoms with Crippen molar-refractivity contribution in [2.24, 2.45) is 11.8 Å². The van der Waals surface area contributed by atoms with Gasteiger partial charge in [0, 0.05) is 51.7 Å². The second kappa shape index (κ2) is 10.3. The van der Waals surface area contributed by atoms with Gasteiger partial charge in [-0.3, -0.25) is 14.4 Å². The Balaban J connectivity index is 1.95. The van der Waals surface area contributed by atoms with E-state index in [9.17, 15) is 14.4 Å². The summed E-state index contributed by atoms with van der Waals surface area (Å²) in [6.45, 7) is 6.65. The van der Waals surface area contributed by atoms with Crippen LogP contribution in [0.1, 0.15) is 50.4 Å². The molecule has 1 aromatic carbocycles. The van der Waals surface area contributed by atoms with Crippen molar-refractivity contribution in [3.05, 3.63) is 23.8 Å². The lowest BCUT2D eigenvalue weighted by Gasteiger charge is -2.39. The monoisotopic (exact) mass is 445 g/mol. The molecule has 32 heavy (non-hydrogen) atoms. The van der Waals surface area contributed by atoms with Crippen LogP contribution in [0.25, 0.3) is 0 Å². The molecular weight excluding hydrogens is 410 g/mol. The molecule has 0 aromatic heterocycles. The molecule has 3 amide bonds. The number of benzene rings is 1. The molecule has 1 aliphatic carbocycles. The summed E-state index contributed by atoms with van der Waals surface area (Å²) >= 11 is 0. The van der Waals surface area contributed by atoms with E-state index in [0.717, 1.165) is 19.3 Å². The summed E-state index contributed by atoms with van der Waals surface area (Å²) in [5.41, 5.74) is 0.895. The van der Waals surface area contributed by atoms with Crippen LogP contribution < -0.4 is 10.1 Å². The second-order valence-corrected chi connectivity index (χ2v) is 9.11. The summed E-state index contributed by atoms with van der Waals surface area (Å²) in [5.74, 6) is 0.309. The molecular formula is C24H35N3O5. The number of nitrogens with one attached hydrogen (secondary N) is 1. The van der Waals surface area contributed by atoms with E-state index in [4.69, 9.17) is 9.47 Å². The zero-order chi connectivity index (χ0) is 23.4. The number of nitrogens with zero attached hydrogens (tertiary/aromatic N) is 2. The third-order valence-corrected chi connectivity index (χ3v) is 6.50. The Kier molecular flexibility index (Phi) is 7.77. The van der Waals surface area contributed by atoms with Gasteiger partial charge in [0.2, 0.25) is 11.8 Å². The first-order valence-electron chi connectivity index (χ1n) is 11.3. The van der Waals surface area contributed by atoms with E-state index in [1.165, 1.54) is 6.92 Å². The van der Waals surface area contributed by atoms with Crippen molar-refractivity contribution in [1.29, 1.82) is 0 Å². The summed E-state index contributed by atoms with van der Waals surface area (Å²) in [6, 6.07) is 4.88. The van der Waals surface area contributed by atoms with Crippen LogP contribution in [0.3, 0.4) is 0 Å². The lowest BCUT2D eigenvalue weighted by Crippen LogP contribution is -2.51. The first-order valence-corrected chi connectivity index (χ1v) is 11.3. The third kappa shape index (κ3) is 5.41. The molecule has 3 atom stereocenters. The van der Waals surface area contributed by atoms with Crippen LogP contribution in [0.2, 0.25) is 0 Å². The maximum Gasteiger partial charge on any atom is 0.257 e. The van der Waals surface area contributed by atoms with Crippen LogP contribution in [0.15, 0.2) is 18.2 Å². The molecule has 8 nitrogen and oxygen atoms in total. The summed E-state index contributed by atoms with van der Waals surface area (Å²) in [6.07, 6.45) is 2.76. The Bertz CT molecular complexity index is 854. The number of methoxy groups -OCH3 is 1. The van der Waals surface area contributed by atoms with E-state index in [1.807, 2.05) is 11.8 Å². The highest BCUT2D eigenvalue weighted by Gasteiger charge is 2.35. The van der Waals surface area contributed by atoms with Gasteiger partial charge in [0.1, 0.15) is 12.4 Å². The van der Waals surface area contributed by atoms with Crippen LogP contribution in [0, 0.1) is 11.8 Å². The normalized spacial score (nSPS) is 25.0. The van der Waals surface area contributed by atoms with Crippen molar-refractivity contribution >= 4 is 23.4 Å². The van der Waals surface area contributed by atoms with Crippen molar-refractivity contribution in [2.45, 2.75) is 52.2 Å². The molecule has 1 aromatic rings. The highest BCUT2D eigenvalue weighted by Crippen LogP contribution is 2.31. The molecule has 1 saturated carbocycles. The van der Waals surface area contributed by atoms with Gasteiger partial charge in [-0.05, 0) is 38.0 Å². The Labute approximate surface area is 190 Å². The number of likely N-dealkylation sites (N-methyl/N-ethyl adjacent to an activating group) is 1. The predicted octanol–water partition coefficient (Wildman–Crippen LogP) is 2.78. The minimum atomic E-state index is -0.227. The maximum atomic E-state index is 13.3. The molecule has 1 heterocycles. The van der Waals surface area contributed by atoms with E-state index in [1.54, 1.807) is 37.3 Å². The molecule has 0 saturated heterocycles. The summed E-state index contributed by atoms with van der Waals surface area (Å²) in [4.78, 5) is 41.5. The summed E-state index contributed by atoms with van der Waals surface area (Å²) in [7, 11) is 3.36. The van der Waals surface area contributed by atoms with Gasteiger partial charge in [0.15, 0.2) is 0 Å². The number of hydrogen-bond donors (Lipinski definition) is 1. The van der Waals surface area contributed by atoms with Crippen molar-refractivity contribution in [2.75, 3.05) is 39.2 Å². The van der Waals surface area contributed by atoms with Gasteiger partial charge in [0.25, 0.3) is 5.91 Å². The fourth-order valence-electron chi connectivity index (χ4n) is 4.25. The van der Waals surface area contributed by atoms with Crippen LogP contribution in [0.4, 0.5) is 5.69 Å². The highest BCUT2D eigenvalue weighted by atomic mass is 16.5. The Hall–Kier alpha value is -2.61. The van der Waals surface area contributed by atoms with Gasteiger partial charge < -0.3 is 24.6 Å². The van der Waals surface area contributed by atoms with Gasteiger partial charge in [-0.15, -0.1) is 0 Å². The Morgan fingerprint density at radius 1 is 1.19 bits per heavy atom. The number of anilines is 1. The first kappa shape index (κ1) is 24.0. The lowest BCUT2D eigenvalue weighted by atomic mass is 9.83. The predicted molar refractivity (Wildman–Crippen MR) is 122 cm³/mol. The van der Waals surface area contributed by atoms with Crippen molar-refractivity contribution in [1.82, 2.24) is 9.80 Å². The number of amides is 3. The highest BCUT2D eigenvalue weighted by molar-refractivity contribution is 5.99. The number of fused-ring (bicyclic) bond motifs is 1. The van der Waals surface area contributed by atoms with E-state index < -0.39 is 0 Å². The van der Waals surface area contributed by atoms with Crippen LogP contribution >= 0.6 is 0 Å². The molecule has 8 heteroatoms. The second-order valence-electron chi connectivity index (χ2n) is 9.11. The minimum absolute atomic E-state index is 0.0336. The van der Waals surface area contributed by atoms with E-state index in [-0.39, 0.29) is 48.3 Å². The number of carbonyl (C=O) groups excluding carboxylic acids is 3. The summed E-state index contributed by atoms with van der Waals surface area (Å²) in [5, 5.41) is 2.72. The molecule has 0 spiro atoms. The number of hydrogen-bond acceptors (Lipinski definition) is 5. The van der Waals surface area contributed by atoms with Crippen LogP contribution in [-0.4, -0.2) is 73.5 Å². The topological polar surface area (TPSA) is 88.2 Å².